The molecule has 7 heteroatoms. The fourth-order valence-corrected chi connectivity index (χ4v) is 1.88. The van der Waals surface area contributed by atoms with Gasteiger partial charge < -0.3 is 20.3 Å². The van der Waals surface area contributed by atoms with Gasteiger partial charge in [-0.05, 0) is 6.07 Å². The fraction of sp³-hybridized carbons (Fsp3) is 0.364. The van der Waals surface area contributed by atoms with Crippen molar-refractivity contribution in [3.05, 3.63) is 22.5 Å². The number of ether oxygens (including phenoxy) is 2. The highest BCUT2D eigenvalue weighted by Crippen LogP contribution is 2.41. The van der Waals surface area contributed by atoms with E-state index < -0.39 is 17.8 Å². The van der Waals surface area contributed by atoms with Crippen LogP contribution in [0.25, 0.3) is 0 Å². The summed E-state index contributed by atoms with van der Waals surface area (Å²) in [5.74, 6) is -1.94. The maximum absolute atomic E-state index is 13.9. The van der Waals surface area contributed by atoms with E-state index in [0.717, 1.165) is 0 Å². The van der Waals surface area contributed by atoms with Crippen LogP contribution in [-0.4, -0.2) is 24.3 Å². The van der Waals surface area contributed by atoms with Gasteiger partial charge in [-0.1, -0.05) is 11.6 Å². The van der Waals surface area contributed by atoms with Crippen molar-refractivity contribution in [2.24, 2.45) is 5.73 Å². The Morgan fingerprint density at radius 3 is 2.83 bits per heavy atom. The number of halogens is 2. The Kier molecular flexibility index (Phi) is 3.58. The lowest BCUT2D eigenvalue weighted by atomic mass is 10.1. The Morgan fingerprint density at radius 2 is 2.17 bits per heavy atom. The molecule has 0 amide bonds. The van der Waals surface area contributed by atoms with Gasteiger partial charge in [-0.15, -0.1) is 0 Å². The lowest BCUT2D eigenvalue weighted by molar-refractivity contribution is -0.138. The Hall–Kier alpha value is -1.53. The van der Waals surface area contributed by atoms with Crippen molar-refractivity contribution in [2.45, 2.75) is 12.5 Å². The summed E-state index contributed by atoms with van der Waals surface area (Å²) < 4.78 is 24.5. The molecule has 1 aromatic rings. The molecule has 0 bridgehead atoms. The van der Waals surface area contributed by atoms with Crippen LogP contribution in [0.1, 0.15) is 18.0 Å². The number of carbonyl (C=O) groups is 1. The predicted octanol–water partition coefficient (Wildman–Crippen LogP) is 1.72. The SMILES string of the molecule is NC(C(=O)O)c1cc2c(c(Cl)c1F)OCCCO2. The van der Waals surface area contributed by atoms with Gasteiger partial charge in [-0.25, -0.2) is 4.39 Å². The molecule has 0 aliphatic carbocycles. The minimum Gasteiger partial charge on any atom is -0.489 e. The first-order valence-electron chi connectivity index (χ1n) is 5.28. The first-order chi connectivity index (χ1) is 8.52. The van der Waals surface area contributed by atoms with E-state index in [1.165, 1.54) is 6.07 Å². The summed E-state index contributed by atoms with van der Waals surface area (Å²) in [5, 5.41) is 8.50. The standard InChI is InChI=1S/C11H11ClFNO4/c12-7-8(13)5(9(14)11(15)16)4-6-10(7)18-3-1-2-17-6/h4,9H,1-3,14H2,(H,15,16). The van der Waals surface area contributed by atoms with Gasteiger partial charge in [0.25, 0.3) is 0 Å². The highest BCUT2D eigenvalue weighted by molar-refractivity contribution is 6.32. The molecule has 1 unspecified atom stereocenters. The Bertz CT molecular complexity index is 494. The second-order valence-corrected chi connectivity index (χ2v) is 4.17. The van der Waals surface area contributed by atoms with E-state index in [1.807, 2.05) is 0 Å². The lowest BCUT2D eigenvalue weighted by Gasteiger charge is -2.15. The van der Waals surface area contributed by atoms with Crippen LogP contribution in [0, 0.1) is 5.82 Å². The summed E-state index contributed by atoms with van der Waals surface area (Å²) in [4.78, 5) is 10.8. The van der Waals surface area contributed by atoms with Gasteiger partial charge in [0.1, 0.15) is 11.1 Å². The Balaban J connectivity index is 2.53. The van der Waals surface area contributed by atoms with E-state index >= 15 is 0 Å². The predicted molar refractivity (Wildman–Crippen MR) is 61.6 cm³/mol. The monoisotopic (exact) mass is 275 g/mol. The summed E-state index contributed by atoms with van der Waals surface area (Å²) >= 11 is 5.81. The highest BCUT2D eigenvalue weighted by atomic mass is 35.5. The van der Waals surface area contributed by atoms with Crippen molar-refractivity contribution in [3.8, 4) is 11.5 Å². The van der Waals surface area contributed by atoms with Crippen LogP contribution in [0.5, 0.6) is 11.5 Å². The summed E-state index contributed by atoms with van der Waals surface area (Å²) in [6.45, 7) is 0.743. The van der Waals surface area contributed by atoms with Crippen LogP contribution in [0.3, 0.4) is 0 Å². The average Bonchev–Trinajstić information content (AvgIpc) is 2.58. The summed E-state index contributed by atoms with van der Waals surface area (Å²) in [7, 11) is 0. The number of hydrogen-bond donors (Lipinski definition) is 2. The molecule has 0 saturated heterocycles. The molecule has 0 spiro atoms. The number of benzene rings is 1. The second-order valence-electron chi connectivity index (χ2n) is 3.79. The van der Waals surface area contributed by atoms with Gasteiger partial charge in [0.15, 0.2) is 17.3 Å². The number of aliphatic carboxylic acids is 1. The third-order valence-corrected chi connectivity index (χ3v) is 2.89. The maximum atomic E-state index is 13.9. The zero-order valence-electron chi connectivity index (χ0n) is 9.28. The third-order valence-electron chi connectivity index (χ3n) is 2.55. The maximum Gasteiger partial charge on any atom is 0.325 e. The van der Waals surface area contributed by atoms with Crippen molar-refractivity contribution >= 4 is 17.6 Å². The van der Waals surface area contributed by atoms with E-state index in [2.05, 4.69) is 0 Å². The molecular formula is C11H11ClFNO4. The molecule has 0 fully saturated rings. The van der Waals surface area contributed by atoms with Crippen molar-refractivity contribution in [1.82, 2.24) is 0 Å². The van der Waals surface area contributed by atoms with Gasteiger partial charge in [0, 0.05) is 12.0 Å². The van der Waals surface area contributed by atoms with Crippen LogP contribution in [0.2, 0.25) is 5.02 Å². The number of carboxylic acids is 1. The molecule has 1 aliphatic rings. The molecule has 5 nitrogen and oxygen atoms in total. The minimum absolute atomic E-state index is 0.0907. The van der Waals surface area contributed by atoms with Gasteiger partial charge in [-0.3, -0.25) is 4.79 Å². The van der Waals surface area contributed by atoms with E-state index in [-0.39, 0.29) is 22.1 Å². The third kappa shape index (κ3) is 2.21. The topological polar surface area (TPSA) is 81.8 Å². The summed E-state index contributed by atoms with van der Waals surface area (Å²) in [6, 6.07) is -0.277. The fourth-order valence-electron chi connectivity index (χ4n) is 1.62. The number of fused-ring (bicyclic) bond motifs is 1. The molecule has 18 heavy (non-hydrogen) atoms. The van der Waals surface area contributed by atoms with Crippen LogP contribution in [-0.2, 0) is 4.79 Å². The minimum atomic E-state index is -1.50. The van der Waals surface area contributed by atoms with Crippen LogP contribution in [0.4, 0.5) is 4.39 Å². The molecule has 1 heterocycles. The van der Waals surface area contributed by atoms with Gasteiger partial charge in [-0.2, -0.15) is 0 Å². The van der Waals surface area contributed by atoms with E-state index in [4.69, 9.17) is 31.9 Å². The molecule has 1 atom stereocenters. The van der Waals surface area contributed by atoms with E-state index in [9.17, 15) is 9.18 Å². The first kappa shape index (κ1) is 12.9. The van der Waals surface area contributed by atoms with Crippen molar-refractivity contribution < 1.29 is 23.8 Å². The molecule has 3 N–H and O–H groups in total. The number of carboxylic acid groups (broad SMARTS) is 1. The Morgan fingerprint density at radius 1 is 1.50 bits per heavy atom. The Labute approximate surface area is 107 Å². The van der Waals surface area contributed by atoms with Gasteiger partial charge in [0.05, 0.1) is 13.2 Å². The van der Waals surface area contributed by atoms with Gasteiger partial charge >= 0.3 is 5.97 Å². The molecule has 2 rings (SSSR count). The highest BCUT2D eigenvalue weighted by Gasteiger charge is 2.26. The molecule has 0 saturated carbocycles. The molecular weight excluding hydrogens is 265 g/mol. The first-order valence-corrected chi connectivity index (χ1v) is 5.66. The van der Waals surface area contributed by atoms with Crippen LogP contribution < -0.4 is 15.2 Å². The molecule has 98 valence electrons. The number of hydrogen-bond acceptors (Lipinski definition) is 4. The number of rotatable bonds is 2. The zero-order chi connectivity index (χ0) is 13.3. The van der Waals surface area contributed by atoms with Crippen LogP contribution in [0.15, 0.2) is 6.07 Å². The second kappa shape index (κ2) is 4.99. The largest absolute Gasteiger partial charge is 0.489 e. The van der Waals surface area contributed by atoms with Crippen molar-refractivity contribution in [1.29, 1.82) is 0 Å². The average molecular weight is 276 g/mol. The normalized spacial score (nSPS) is 15.9. The summed E-state index contributed by atoms with van der Waals surface area (Å²) in [5.41, 5.74) is 5.16. The summed E-state index contributed by atoms with van der Waals surface area (Å²) in [6.07, 6.45) is 0.632. The molecule has 0 radical (unpaired) electrons. The molecule has 1 aromatic carbocycles. The number of nitrogens with two attached hydrogens (primary N) is 1. The molecule has 1 aliphatic heterocycles. The zero-order valence-corrected chi connectivity index (χ0v) is 10.0. The van der Waals surface area contributed by atoms with Crippen molar-refractivity contribution in [2.75, 3.05) is 13.2 Å². The van der Waals surface area contributed by atoms with E-state index in [1.54, 1.807) is 0 Å². The quantitative estimate of drug-likeness (QED) is 0.859. The smallest absolute Gasteiger partial charge is 0.325 e. The lowest BCUT2D eigenvalue weighted by Crippen LogP contribution is -2.22. The molecule has 0 aromatic heterocycles. The van der Waals surface area contributed by atoms with Crippen molar-refractivity contribution in [3.63, 3.8) is 0 Å². The van der Waals surface area contributed by atoms with Gasteiger partial charge in [0.2, 0.25) is 0 Å². The van der Waals surface area contributed by atoms with E-state index in [0.29, 0.717) is 19.6 Å². The van der Waals surface area contributed by atoms with Crippen LogP contribution >= 0.6 is 11.6 Å².